The Morgan fingerprint density at radius 1 is 0.930 bits per heavy atom. The monoisotopic (exact) mass is 572 g/mol. The zero-order valence-corrected chi connectivity index (χ0v) is 24.7. The van der Waals surface area contributed by atoms with Gasteiger partial charge in [0.15, 0.2) is 0 Å². The van der Waals surface area contributed by atoms with Gasteiger partial charge in [0.2, 0.25) is 5.91 Å². The summed E-state index contributed by atoms with van der Waals surface area (Å²) in [5.41, 5.74) is 8.40. The van der Waals surface area contributed by atoms with Gasteiger partial charge in [0.25, 0.3) is 0 Å². The summed E-state index contributed by atoms with van der Waals surface area (Å²) in [6.45, 7) is 6.46. The van der Waals surface area contributed by atoms with E-state index in [1.165, 1.54) is 22.3 Å². The Kier molecular flexibility index (Phi) is 9.06. The van der Waals surface area contributed by atoms with Gasteiger partial charge in [-0.05, 0) is 85.4 Å². The molecule has 0 bridgehead atoms. The van der Waals surface area contributed by atoms with E-state index >= 15 is 0 Å². The number of allylic oxidation sites excluding steroid dienone is 1. The van der Waals surface area contributed by atoms with Crippen LogP contribution >= 0.6 is 0 Å². The number of anilines is 1. The largest absolute Gasteiger partial charge is 0.491 e. The maximum absolute atomic E-state index is 13.0. The van der Waals surface area contributed by atoms with Crippen molar-refractivity contribution < 1.29 is 19.4 Å². The second-order valence-electron chi connectivity index (χ2n) is 10.8. The van der Waals surface area contributed by atoms with Gasteiger partial charge in [-0.1, -0.05) is 72.3 Å². The highest BCUT2D eigenvalue weighted by Gasteiger charge is 2.20. The fraction of sp³-hybridized carbons (Fsp3) is 0.189. The second kappa shape index (κ2) is 13.3. The number of carbonyl (C=O) groups excluding carboxylic acids is 1. The number of carboxylic acid groups (broad SMARTS) is 1. The molecule has 218 valence electrons. The van der Waals surface area contributed by atoms with Crippen LogP contribution in [0.2, 0.25) is 0 Å². The Morgan fingerprint density at radius 3 is 2.51 bits per heavy atom. The van der Waals surface area contributed by atoms with Gasteiger partial charge in [-0.25, -0.2) is 0 Å². The van der Waals surface area contributed by atoms with E-state index in [0.717, 1.165) is 22.0 Å². The van der Waals surface area contributed by atoms with Gasteiger partial charge in [0.1, 0.15) is 5.75 Å². The van der Waals surface area contributed by atoms with Gasteiger partial charge in [0.05, 0.1) is 18.3 Å². The Morgan fingerprint density at radius 2 is 1.72 bits per heavy atom. The number of aromatic nitrogens is 1. The summed E-state index contributed by atoms with van der Waals surface area (Å²) in [6, 6.07) is 32.8. The molecule has 0 aliphatic carbocycles. The van der Waals surface area contributed by atoms with Crippen molar-refractivity contribution in [3.63, 3.8) is 0 Å². The summed E-state index contributed by atoms with van der Waals surface area (Å²) >= 11 is 0. The molecule has 6 nitrogen and oxygen atoms in total. The third kappa shape index (κ3) is 7.04. The predicted molar refractivity (Wildman–Crippen MR) is 173 cm³/mol. The summed E-state index contributed by atoms with van der Waals surface area (Å²) in [4.78, 5) is 23.7. The van der Waals surface area contributed by atoms with Gasteiger partial charge in [-0.3, -0.25) is 9.59 Å². The van der Waals surface area contributed by atoms with Gasteiger partial charge in [0, 0.05) is 29.6 Å². The van der Waals surface area contributed by atoms with Crippen LogP contribution in [0.5, 0.6) is 5.75 Å². The van der Waals surface area contributed by atoms with E-state index in [0.29, 0.717) is 17.9 Å². The molecule has 1 aromatic heterocycles. The molecular weight excluding hydrogens is 536 g/mol. The summed E-state index contributed by atoms with van der Waals surface area (Å²) < 4.78 is 8.05. The van der Waals surface area contributed by atoms with Crippen molar-refractivity contribution in [3.8, 4) is 5.75 Å². The molecule has 5 aromatic rings. The summed E-state index contributed by atoms with van der Waals surface area (Å²) in [5.74, 6) is -0.624. The molecule has 0 saturated heterocycles. The fourth-order valence-corrected chi connectivity index (χ4v) is 5.41. The van der Waals surface area contributed by atoms with Crippen LogP contribution in [0.25, 0.3) is 16.5 Å². The minimum Gasteiger partial charge on any atom is -0.491 e. The van der Waals surface area contributed by atoms with E-state index < -0.39 is 5.97 Å². The zero-order chi connectivity index (χ0) is 30.3. The van der Waals surface area contributed by atoms with E-state index in [1.807, 2.05) is 19.1 Å². The highest BCUT2D eigenvalue weighted by Crippen LogP contribution is 2.34. The number of aryl methyl sites for hydroxylation is 2. The number of para-hydroxylation sites is 2. The topological polar surface area (TPSA) is 80.6 Å². The van der Waals surface area contributed by atoms with E-state index in [1.54, 1.807) is 18.2 Å². The Balaban J connectivity index is 1.39. The maximum atomic E-state index is 13.0. The Labute approximate surface area is 252 Å². The Bertz CT molecular complexity index is 1800. The lowest BCUT2D eigenvalue weighted by Crippen LogP contribution is -2.13. The first-order valence-corrected chi connectivity index (χ1v) is 14.5. The number of hydrogen-bond acceptors (Lipinski definition) is 3. The van der Waals surface area contributed by atoms with Crippen LogP contribution in [0.4, 0.5) is 5.69 Å². The van der Waals surface area contributed by atoms with Crippen molar-refractivity contribution in [1.29, 1.82) is 0 Å². The number of hydrogen-bond donors (Lipinski definition) is 2. The van der Waals surface area contributed by atoms with E-state index in [2.05, 4.69) is 103 Å². The number of benzene rings is 4. The molecule has 0 saturated carbocycles. The second-order valence-corrected chi connectivity index (χ2v) is 10.8. The number of nitrogens with one attached hydrogen (secondary N) is 1. The molecule has 1 unspecified atom stereocenters. The smallest absolute Gasteiger partial charge is 0.303 e. The van der Waals surface area contributed by atoms with Crippen LogP contribution in [0, 0.1) is 13.8 Å². The van der Waals surface area contributed by atoms with Crippen molar-refractivity contribution in [3.05, 3.63) is 137 Å². The zero-order valence-electron chi connectivity index (χ0n) is 24.7. The van der Waals surface area contributed by atoms with Crippen LogP contribution in [-0.4, -0.2) is 28.2 Å². The van der Waals surface area contributed by atoms with Crippen LogP contribution in [0.3, 0.4) is 0 Å². The molecule has 5 rings (SSSR count). The number of fused-ring (bicyclic) bond motifs is 1. The number of nitrogens with zero attached hydrogens (tertiary/aromatic N) is 1. The van der Waals surface area contributed by atoms with Crippen molar-refractivity contribution >= 4 is 34.0 Å². The number of rotatable bonds is 11. The minimum atomic E-state index is -0.863. The lowest BCUT2D eigenvalue weighted by Gasteiger charge is -2.24. The highest BCUT2D eigenvalue weighted by molar-refractivity contribution is 6.05. The molecule has 0 aliphatic heterocycles. The van der Waals surface area contributed by atoms with E-state index in [9.17, 15) is 9.59 Å². The molecule has 1 atom stereocenters. The standard InChI is InChI=1S/C37H36N2O4/c1-25-10-8-12-30(22-25)37(31-13-5-4-11-26(31)2)39-20-19-29-24-28(17-18-33(29)39)27(3)23-35(40)38-32-14-6-7-15-34(32)43-21-9-16-36(41)42/h4-8,10-15,17-20,22-24,37H,9,16,21H2,1-3H3,(H,38,40)(H,41,42). The normalized spacial score (nSPS) is 12.2. The third-order valence-corrected chi connectivity index (χ3v) is 7.58. The van der Waals surface area contributed by atoms with Gasteiger partial charge in [-0.15, -0.1) is 0 Å². The van der Waals surface area contributed by atoms with Crippen molar-refractivity contribution in [2.75, 3.05) is 11.9 Å². The number of ether oxygens (including phenoxy) is 1. The molecule has 0 radical (unpaired) electrons. The molecule has 0 aliphatic rings. The van der Waals surface area contributed by atoms with Crippen molar-refractivity contribution in [2.24, 2.45) is 0 Å². The Hall–Kier alpha value is -5.10. The highest BCUT2D eigenvalue weighted by atomic mass is 16.5. The summed E-state index contributed by atoms with van der Waals surface area (Å²) in [5, 5.41) is 12.8. The van der Waals surface area contributed by atoms with Crippen LogP contribution in [0.1, 0.15) is 53.6 Å². The van der Waals surface area contributed by atoms with E-state index in [-0.39, 0.29) is 25.0 Å². The van der Waals surface area contributed by atoms with Crippen molar-refractivity contribution in [1.82, 2.24) is 4.57 Å². The summed E-state index contributed by atoms with van der Waals surface area (Å²) in [7, 11) is 0. The number of amides is 1. The van der Waals surface area contributed by atoms with Crippen LogP contribution in [0.15, 0.2) is 109 Å². The first kappa shape index (κ1) is 29.4. The molecule has 6 heteroatoms. The average Bonchev–Trinajstić information content (AvgIpc) is 3.40. The number of carboxylic acids is 1. The first-order valence-electron chi connectivity index (χ1n) is 14.5. The van der Waals surface area contributed by atoms with Gasteiger partial charge in [-0.2, -0.15) is 0 Å². The first-order chi connectivity index (χ1) is 20.8. The van der Waals surface area contributed by atoms with Crippen molar-refractivity contribution in [2.45, 2.75) is 39.7 Å². The average molecular weight is 573 g/mol. The fourth-order valence-electron chi connectivity index (χ4n) is 5.41. The molecule has 1 heterocycles. The quantitative estimate of drug-likeness (QED) is 0.124. The lowest BCUT2D eigenvalue weighted by molar-refractivity contribution is -0.137. The van der Waals surface area contributed by atoms with E-state index in [4.69, 9.17) is 9.84 Å². The molecule has 0 fully saturated rings. The SMILES string of the molecule is CC(=CC(=O)Nc1ccccc1OCCCC(=O)O)c1ccc2c(ccn2C(c2cccc(C)c2)c2ccccc2C)c1. The molecule has 43 heavy (non-hydrogen) atoms. The molecule has 0 spiro atoms. The third-order valence-electron chi connectivity index (χ3n) is 7.58. The number of carbonyl (C=O) groups is 2. The maximum Gasteiger partial charge on any atom is 0.303 e. The predicted octanol–water partition coefficient (Wildman–Crippen LogP) is 8.18. The van der Waals surface area contributed by atoms with Gasteiger partial charge >= 0.3 is 5.97 Å². The molecule has 2 N–H and O–H groups in total. The van der Waals surface area contributed by atoms with Crippen LogP contribution in [-0.2, 0) is 9.59 Å². The van der Waals surface area contributed by atoms with Gasteiger partial charge < -0.3 is 19.7 Å². The van der Waals surface area contributed by atoms with Crippen LogP contribution < -0.4 is 10.1 Å². The molecule has 4 aromatic carbocycles. The lowest BCUT2D eigenvalue weighted by atomic mass is 9.93. The summed E-state index contributed by atoms with van der Waals surface area (Å²) in [6.07, 6.45) is 4.15. The molecule has 1 amide bonds. The minimum absolute atomic E-state index is 0.0262. The molecular formula is C37H36N2O4. The number of aliphatic carboxylic acids is 1.